The van der Waals surface area contributed by atoms with Crippen molar-refractivity contribution in [2.45, 2.75) is 26.3 Å². The fourth-order valence-corrected chi connectivity index (χ4v) is 4.39. The predicted octanol–water partition coefficient (Wildman–Crippen LogP) is 3.49. The molecule has 2 unspecified atom stereocenters. The van der Waals surface area contributed by atoms with Crippen LogP contribution < -0.4 is 5.73 Å². The summed E-state index contributed by atoms with van der Waals surface area (Å²) in [6.07, 6.45) is 1.32. The summed E-state index contributed by atoms with van der Waals surface area (Å²) in [5, 5.41) is 2.14. The van der Waals surface area contributed by atoms with E-state index < -0.39 is 0 Å². The van der Waals surface area contributed by atoms with E-state index in [0.29, 0.717) is 12.6 Å². The van der Waals surface area contributed by atoms with Gasteiger partial charge in [0.15, 0.2) is 0 Å². The Morgan fingerprint density at radius 2 is 2.35 bits per heavy atom. The maximum Gasteiger partial charge on any atom is 0.0575 e. The van der Waals surface area contributed by atoms with Crippen LogP contribution in [0.25, 0.3) is 0 Å². The number of nitrogens with two attached hydrogens (primary N) is 1. The van der Waals surface area contributed by atoms with Crippen LogP contribution in [0.3, 0.4) is 0 Å². The third-order valence-electron chi connectivity index (χ3n) is 3.81. The second-order valence-corrected chi connectivity index (χ2v) is 6.97. The molecule has 17 heavy (non-hydrogen) atoms. The molecule has 4 heteroatoms. The van der Waals surface area contributed by atoms with Gasteiger partial charge in [0, 0.05) is 22.4 Å². The molecule has 0 amide bonds. The average molecular weight is 317 g/mol. The second-order valence-electron chi connectivity index (χ2n) is 5.17. The molecule has 1 aromatic rings. The van der Waals surface area contributed by atoms with Gasteiger partial charge in [0.25, 0.3) is 0 Å². The number of halogens is 1. The molecule has 1 fully saturated rings. The minimum Gasteiger partial charge on any atom is -0.329 e. The van der Waals surface area contributed by atoms with Crippen molar-refractivity contribution in [1.29, 1.82) is 0 Å². The molecule has 0 radical (unpaired) electrons. The summed E-state index contributed by atoms with van der Waals surface area (Å²) in [5.74, 6) is 1.62. The van der Waals surface area contributed by atoms with Crippen LogP contribution in [-0.2, 0) is 0 Å². The first-order valence-corrected chi connectivity index (χ1v) is 7.97. The van der Waals surface area contributed by atoms with Crippen molar-refractivity contribution in [3.63, 3.8) is 0 Å². The van der Waals surface area contributed by atoms with Gasteiger partial charge >= 0.3 is 0 Å². The Labute approximate surface area is 116 Å². The molecule has 0 aliphatic carbocycles. The van der Waals surface area contributed by atoms with E-state index in [2.05, 4.69) is 46.1 Å². The van der Waals surface area contributed by atoms with Gasteiger partial charge in [-0.05, 0) is 52.2 Å². The van der Waals surface area contributed by atoms with Crippen LogP contribution in [0.2, 0.25) is 0 Å². The summed E-state index contributed by atoms with van der Waals surface area (Å²) < 4.78 is 1.21. The van der Waals surface area contributed by atoms with Crippen molar-refractivity contribution in [3.8, 4) is 0 Å². The Balaban J connectivity index is 2.08. The molecule has 0 aromatic carbocycles. The third kappa shape index (κ3) is 2.92. The van der Waals surface area contributed by atoms with Crippen LogP contribution in [0.4, 0.5) is 0 Å². The average Bonchev–Trinajstić information content (AvgIpc) is 2.90. The number of hydrogen-bond acceptors (Lipinski definition) is 3. The van der Waals surface area contributed by atoms with Crippen molar-refractivity contribution < 1.29 is 0 Å². The van der Waals surface area contributed by atoms with Crippen LogP contribution in [-0.4, -0.2) is 24.5 Å². The van der Waals surface area contributed by atoms with E-state index in [-0.39, 0.29) is 0 Å². The number of thiophene rings is 1. The Bertz CT molecular complexity index is 364. The molecule has 1 aliphatic rings. The summed E-state index contributed by atoms with van der Waals surface area (Å²) in [7, 11) is 0. The molecule has 96 valence electrons. The lowest BCUT2D eigenvalue weighted by atomic mass is 9.95. The Hall–Kier alpha value is 0.100. The lowest BCUT2D eigenvalue weighted by molar-refractivity contribution is 0.234. The molecule has 0 saturated carbocycles. The fraction of sp³-hybridized carbons (Fsp3) is 0.692. The van der Waals surface area contributed by atoms with Crippen molar-refractivity contribution >= 4 is 27.3 Å². The standard InChI is InChI=1S/C13H21BrN2S/c1-9(2)10-3-5-16(8-10)12(7-15)13-11(14)4-6-17-13/h4,6,9-10,12H,3,5,7-8,15H2,1-2H3. The molecular weight excluding hydrogens is 296 g/mol. The summed E-state index contributed by atoms with van der Waals surface area (Å²) in [6, 6.07) is 2.52. The molecule has 0 spiro atoms. The van der Waals surface area contributed by atoms with E-state index >= 15 is 0 Å². The highest BCUT2D eigenvalue weighted by Gasteiger charge is 2.31. The van der Waals surface area contributed by atoms with Gasteiger partial charge in [0.1, 0.15) is 0 Å². The van der Waals surface area contributed by atoms with E-state index in [1.807, 2.05) is 11.3 Å². The van der Waals surface area contributed by atoms with Crippen LogP contribution in [0.5, 0.6) is 0 Å². The van der Waals surface area contributed by atoms with Crippen molar-refractivity contribution in [2.75, 3.05) is 19.6 Å². The smallest absolute Gasteiger partial charge is 0.0575 e. The molecule has 0 bridgehead atoms. The normalized spacial score (nSPS) is 23.5. The molecule has 2 N–H and O–H groups in total. The molecule has 2 rings (SSSR count). The summed E-state index contributed by atoms with van der Waals surface area (Å²) in [4.78, 5) is 3.94. The largest absolute Gasteiger partial charge is 0.329 e. The van der Waals surface area contributed by atoms with Gasteiger partial charge in [-0.2, -0.15) is 0 Å². The van der Waals surface area contributed by atoms with E-state index in [1.165, 1.54) is 28.9 Å². The van der Waals surface area contributed by atoms with E-state index in [0.717, 1.165) is 11.8 Å². The van der Waals surface area contributed by atoms with Gasteiger partial charge < -0.3 is 5.73 Å². The lowest BCUT2D eigenvalue weighted by Crippen LogP contribution is -2.32. The first-order chi connectivity index (χ1) is 8.13. The van der Waals surface area contributed by atoms with Gasteiger partial charge in [0.2, 0.25) is 0 Å². The minimum atomic E-state index is 0.396. The van der Waals surface area contributed by atoms with E-state index in [1.54, 1.807) is 0 Å². The zero-order valence-corrected chi connectivity index (χ0v) is 12.9. The van der Waals surface area contributed by atoms with E-state index in [9.17, 15) is 0 Å². The monoisotopic (exact) mass is 316 g/mol. The number of hydrogen-bond donors (Lipinski definition) is 1. The second kappa shape index (κ2) is 5.83. The number of likely N-dealkylation sites (tertiary alicyclic amines) is 1. The molecule has 2 nitrogen and oxygen atoms in total. The van der Waals surface area contributed by atoms with E-state index in [4.69, 9.17) is 5.73 Å². The zero-order chi connectivity index (χ0) is 12.4. The highest BCUT2D eigenvalue weighted by Crippen LogP contribution is 2.36. The fourth-order valence-electron chi connectivity index (χ4n) is 2.61. The number of rotatable bonds is 4. The first-order valence-electron chi connectivity index (χ1n) is 6.30. The predicted molar refractivity (Wildman–Crippen MR) is 78.3 cm³/mol. The van der Waals surface area contributed by atoms with Gasteiger partial charge in [-0.1, -0.05) is 13.8 Å². The first kappa shape index (κ1) is 13.5. The highest BCUT2D eigenvalue weighted by atomic mass is 79.9. The van der Waals surface area contributed by atoms with Gasteiger partial charge in [0.05, 0.1) is 6.04 Å². The quantitative estimate of drug-likeness (QED) is 0.921. The molecule has 1 saturated heterocycles. The third-order valence-corrected chi connectivity index (χ3v) is 5.78. The maximum atomic E-state index is 5.98. The Morgan fingerprint density at radius 1 is 1.59 bits per heavy atom. The topological polar surface area (TPSA) is 29.3 Å². The summed E-state index contributed by atoms with van der Waals surface area (Å²) >= 11 is 5.44. The molecule has 2 atom stereocenters. The van der Waals surface area contributed by atoms with Gasteiger partial charge in [-0.25, -0.2) is 0 Å². The molecule has 1 aromatic heterocycles. The van der Waals surface area contributed by atoms with Crippen LogP contribution in [0.1, 0.15) is 31.2 Å². The van der Waals surface area contributed by atoms with Crippen LogP contribution in [0, 0.1) is 11.8 Å². The molecule has 1 aliphatic heterocycles. The molecular formula is C13H21BrN2S. The van der Waals surface area contributed by atoms with Gasteiger partial charge in [-0.3, -0.25) is 4.90 Å². The summed E-state index contributed by atoms with van der Waals surface area (Å²) in [5.41, 5.74) is 5.98. The van der Waals surface area contributed by atoms with Crippen molar-refractivity contribution in [2.24, 2.45) is 17.6 Å². The highest BCUT2D eigenvalue weighted by molar-refractivity contribution is 9.10. The minimum absolute atomic E-state index is 0.396. The Morgan fingerprint density at radius 3 is 2.82 bits per heavy atom. The maximum absolute atomic E-state index is 5.98. The van der Waals surface area contributed by atoms with Crippen LogP contribution >= 0.6 is 27.3 Å². The zero-order valence-electron chi connectivity index (χ0n) is 10.5. The van der Waals surface area contributed by atoms with Gasteiger partial charge in [-0.15, -0.1) is 11.3 Å². The summed E-state index contributed by atoms with van der Waals surface area (Å²) in [6.45, 7) is 7.75. The van der Waals surface area contributed by atoms with Crippen molar-refractivity contribution in [1.82, 2.24) is 4.90 Å². The Kier molecular flexibility index (Phi) is 4.64. The SMILES string of the molecule is CC(C)C1CCN(C(CN)c2sccc2Br)C1. The number of nitrogens with zero attached hydrogens (tertiary/aromatic N) is 1. The van der Waals surface area contributed by atoms with Crippen LogP contribution in [0.15, 0.2) is 15.9 Å². The molecule has 2 heterocycles. The van der Waals surface area contributed by atoms with Crippen molar-refractivity contribution in [3.05, 3.63) is 20.8 Å². The lowest BCUT2D eigenvalue weighted by Gasteiger charge is -2.26.